The first-order chi connectivity index (χ1) is 6.40. The van der Waals surface area contributed by atoms with Crippen molar-refractivity contribution in [3.8, 4) is 0 Å². The average molecular weight is 204 g/mol. The maximum atomic E-state index is 12.9. The predicted molar refractivity (Wildman–Crippen MR) is 47.5 cm³/mol. The van der Waals surface area contributed by atoms with Gasteiger partial charge in [-0.05, 0) is 13.3 Å². The molecule has 0 aromatic heterocycles. The Balaban J connectivity index is 4.36. The van der Waals surface area contributed by atoms with Crippen molar-refractivity contribution >= 4 is 11.9 Å². The van der Waals surface area contributed by atoms with E-state index in [0.717, 1.165) is 0 Å². The van der Waals surface area contributed by atoms with Crippen molar-refractivity contribution < 1.29 is 23.8 Å². The number of hydrogen-bond donors (Lipinski definition) is 1. The summed E-state index contributed by atoms with van der Waals surface area (Å²) in [5.74, 6) is -2.41. The molecule has 0 radical (unpaired) electrons. The zero-order chi connectivity index (χ0) is 11.3. The first-order valence-electron chi connectivity index (χ1n) is 4.13. The van der Waals surface area contributed by atoms with Crippen LogP contribution < -0.4 is 0 Å². The minimum Gasteiger partial charge on any atom is -0.479 e. The molecule has 0 spiro atoms. The van der Waals surface area contributed by atoms with E-state index in [-0.39, 0.29) is 12.0 Å². The zero-order valence-corrected chi connectivity index (χ0v) is 8.12. The fourth-order valence-electron chi connectivity index (χ4n) is 0.747. The van der Waals surface area contributed by atoms with Crippen LogP contribution in [0.4, 0.5) is 4.39 Å². The van der Waals surface area contributed by atoms with Gasteiger partial charge in [0.1, 0.15) is 6.10 Å². The first-order valence-corrected chi connectivity index (χ1v) is 4.13. The number of carboxylic acid groups (broad SMARTS) is 1. The Kier molecular flexibility index (Phi) is 4.83. The van der Waals surface area contributed by atoms with Crippen LogP contribution >= 0.6 is 0 Å². The summed E-state index contributed by atoms with van der Waals surface area (Å²) in [6.45, 7) is 6.24. The number of aliphatic carboxylic acids is 1. The third-order valence-corrected chi connectivity index (χ3v) is 1.57. The molecular formula is C9H13FO4. The first kappa shape index (κ1) is 12.6. The molecular weight excluding hydrogens is 191 g/mol. The molecule has 0 aliphatic heterocycles. The van der Waals surface area contributed by atoms with E-state index >= 15 is 0 Å². The lowest BCUT2D eigenvalue weighted by Crippen LogP contribution is -2.33. The van der Waals surface area contributed by atoms with Crippen LogP contribution in [0.15, 0.2) is 12.2 Å². The lowest BCUT2D eigenvalue weighted by atomic mass is 10.2. The van der Waals surface area contributed by atoms with Crippen molar-refractivity contribution in [2.75, 3.05) is 0 Å². The number of ether oxygens (including phenoxy) is 1. The fourth-order valence-corrected chi connectivity index (χ4v) is 0.747. The van der Waals surface area contributed by atoms with Gasteiger partial charge in [0.2, 0.25) is 6.17 Å². The van der Waals surface area contributed by atoms with Crippen LogP contribution in [0.1, 0.15) is 20.3 Å². The Morgan fingerprint density at radius 3 is 2.36 bits per heavy atom. The fraction of sp³-hybridized carbons (Fsp3) is 0.556. The number of hydrogen-bond acceptors (Lipinski definition) is 3. The van der Waals surface area contributed by atoms with Gasteiger partial charge < -0.3 is 9.84 Å². The largest absolute Gasteiger partial charge is 0.479 e. The van der Waals surface area contributed by atoms with Gasteiger partial charge in [-0.15, -0.1) is 0 Å². The molecule has 0 rings (SSSR count). The van der Waals surface area contributed by atoms with E-state index in [2.05, 4.69) is 11.3 Å². The van der Waals surface area contributed by atoms with Crippen molar-refractivity contribution in [2.24, 2.45) is 0 Å². The molecule has 1 N–H and O–H groups in total. The third kappa shape index (κ3) is 3.55. The van der Waals surface area contributed by atoms with Crippen molar-refractivity contribution in [3.63, 3.8) is 0 Å². The second-order valence-corrected chi connectivity index (χ2v) is 2.87. The van der Waals surface area contributed by atoms with E-state index in [1.165, 1.54) is 13.8 Å². The molecule has 0 amide bonds. The summed E-state index contributed by atoms with van der Waals surface area (Å²) < 4.78 is 17.5. The van der Waals surface area contributed by atoms with E-state index in [4.69, 9.17) is 5.11 Å². The van der Waals surface area contributed by atoms with Gasteiger partial charge in [0.25, 0.3) is 0 Å². The van der Waals surface area contributed by atoms with Crippen LogP contribution in [-0.2, 0) is 14.3 Å². The molecule has 0 fully saturated rings. The smallest absolute Gasteiger partial charge is 0.342 e. The maximum Gasteiger partial charge on any atom is 0.342 e. The molecule has 14 heavy (non-hydrogen) atoms. The van der Waals surface area contributed by atoms with Crippen LogP contribution in [0, 0.1) is 0 Å². The Bertz CT molecular complexity index is 249. The summed E-state index contributed by atoms with van der Waals surface area (Å²) in [5.41, 5.74) is 0.112. The summed E-state index contributed by atoms with van der Waals surface area (Å²) in [4.78, 5) is 21.2. The molecule has 4 nitrogen and oxygen atoms in total. The molecule has 2 atom stereocenters. The summed E-state index contributed by atoms with van der Waals surface area (Å²) >= 11 is 0. The molecule has 0 aromatic carbocycles. The minimum atomic E-state index is -2.19. The third-order valence-electron chi connectivity index (χ3n) is 1.57. The summed E-state index contributed by atoms with van der Waals surface area (Å²) in [7, 11) is 0. The van der Waals surface area contributed by atoms with Gasteiger partial charge in [0.15, 0.2) is 0 Å². The second kappa shape index (κ2) is 5.36. The summed E-state index contributed by atoms with van der Waals surface area (Å²) in [5, 5.41) is 8.35. The van der Waals surface area contributed by atoms with Crippen LogP contribution in [0.5, 0.6) is 0 Å². The maximum absolute atomic E-state index is 12.9. The minimum absolute atomic E-state index is 0.104. The highest BCUT2D eigenvalue weighted by Crippen LogP contribution is 2.10. The van der Waals surface area contributed by atoms with Gasteiger partial charge in [0.05, 0.1) is 0 Å². The summed E-state index contributed by atoms with van der Waals surface area (Å²) in [6, 6.07) is 0. The van der Waals surface area contributed by atoms with E-state index in [9.17, 15) is 14.0 Å². The SMILES string of the molecule is C=C(C)C(=O)O[C@@H](CC)[C@@H](F)C(=O)O. The normalized spacial score (nSPS) is 14.2. The van der Waals surface area contributed by atoms with Crippen LogP contribution in [-0.4, -0.2) is 29.3 Å². The molecule has 0 aliphatic carbocycles. The second-order valence-electron chi connectivity index (χ2n) is 2.87. The number of halogens is 1. The van der Waals surface area contributed by atoms with Crippen molar-refractivity contribution in [3.05, 3.63) is 12.2 Å². The van der Waals surface area contributed by atoms with Gasteiger partial charge in [0, 0.05) is 5.57 Å². The molecule has 0 aromatic rings. The Labute approximate surface area is 81.4 Å². The highest BCUT2D eigenvalue weighted by atomic mass is 19.1. The zero-order valence-electron chi connectivity index (χ0n) is 8.12. The standard InChI is InChI=1S/C9H13FO4/c1-4-6(7(10)8(11)12)14-9(13)5(2)3/h6-7H,2,4H2,1,3H3,(H,11,12)/t6-,7+/m0/s1. The lowest BCUT2D eigenvalue weighted by Gasteiger charge is -2.17. The lowest BCUT2D eigenvalue weighted by molar-refractivity contribution is -0.157. The summed E-state index contributed by atoms with van der Waals surface area (Å²) in [6.07, 6.45) is -3.34. The Hall–Kier alpha value is -1.39. The van der Waals surface area contributed by atoms with Gasteiger partial charge in [-0.2, -0.15) is 0 Å². The molecule has 0 heterocycles. The highest BCUT2D eigenvalue weighted by Gasteiger charge is 2.29. The average Bonchev–Trinajstić information content (AvgIpc) is 2.12. The Morgan fingerprint density at radius 1 is 1.57 bits per heavy atom. The quantitative estimate of drug-likeness (QED) is 0.541. The van der Waals surface area contributed by atoms with Gasteiger partial charge >= 0.3 is 11.9 Å². The van der Waals surface area contributed by atoms with Crippen LogP contribution in [0.2, 0.25) is 0 Å². The number of carboxylic acids is 1. The molecule has 0 saturated heterocycles. The predicted octanol–water partition coefficient (Wildman–Crippen LogP) is 1.31. The van der Waals surface area contributed by atoms with Crippen molar-refractivity contribution in [2.45, 2.75) is 32.5 Å². The topological polar surface area (TPSA) is 63.6 Å². The Morgan fingerprint density at radius 2 is 2.07 bits per heavy atom. The number of alkyl halides is 1. The molecule has 5 heteroatoms. The molecule has 0 unspecified atom stereocenters. The monoisotopic (exact) mass is 204 g/mol. The van der Waals surface area contributed by atoms with Crippen molar-refractivity contribution in [1.29, 1.82) is 0 Å². The molecule has 0 bridgehead atoms. The van der Waals surface area contributed by atoms with Crippen molar-refractivity contribution in [1.82, 2.24) is 0 Å². The van der Waals surface area contributed by atoms with E-state index in [1.807, 2.05) is 0 Å². The highest BCUT2D eigenvalue weighted by molar-refractivity contribution is 5.87. The van der Waals surface area contributed by atoms with E-state index in [1.54, 1.807) is 0 Å². The number of carbonyl (C=O) groups is 2. The number of carbonyl (C=O) groups excluding carboxylic acids is 1. The van der Waals surface area contributed by atoms with E-state index in [0.29, 0.717) is 0 Å². The van der Waals surface area contributed by atoms with E-state index < -0.39 is 24.2 Å². The van der Waals surface area contributed by atoms with Gasteiger partial charge in [-0.25, -0.2) is 14.0 Å². The van der Waals surface area contributed by atoms with Gasteiger partial charge in [-0.1, -0.05) is 13.5 Å². The molecule has 80 valence electrons. The molecule has 0 aliphatic rings. The number of rotatable bonds is 5. The van der Waals surface area contributed by atoms with Crippen LogP contribution in [0.25, 0.3) is 0 Å². The molecule has 0 saturated carbocycles. The number of esters is 1. The van der Waals surface area contributed by atoms with Gasteiger partial charge in [-0.3, -0.25) is 0 Å². The van der Waals surface area contributed by atoms with Crippen LogP contribution in [0.3, 0.4) is 0 Å².